The van der Waals surface area contributed by atoms with E-state index in [0.717, 1.165) is 31.0 Å². The molecule has 0 bridgehead atoms. The van der Waals surface area contributed by atoms with Gasteiger partial charge in [0.25, 0.3) is 0 Å². The number of rotatable bonds is 3. The molecule has 1 saturated heterocycles. The molecule has 100 valence electrons. The van der Waals surface area contributed by atoms with Crippen LogP contribution in [0.5, 0.6) is 17.2 Å². The van der Waals surface area contributed by atoms with Crippen molar-refractivity contribution in [2.75, 3.05) is 13.1 Å². The van der Waals surface area contributed by atoms with E-state index in [-0.39, 0.29) is 5.75 Å². The largest absolute Gasteiger partial charge is 0.508 e. The van der Waals surface area contributed by atoms with Gasteiger partial charge in [0.15, 0.2) is 5.75 Å². The van der Waals surface area contributed by atoms with Gasteiger partial charge in [0, 0.05) is 12.6 Å². The summed E-state index contributed by atoms with van der Waals surface area (Å²) in [5, 5.41) is 17.2. The topological polar surface area (TPSA) is 59.3 Å². The lowest BCUT2D eigenvalue weighted by Crippen LogP contribution is -2.15. The highest BCUT2D eigenvalue weighted by atomic mass is 16.5. The molecular weight excluding hydrogens is 242 g/mol. The van der Waals surface area contributed by atoms with Crippen molar-refractivity contribution in [2.45, 2.75) is 19.4 Å². The lowest BCUT2D eigenvalue weighted by Gasteiger charge is -2.12. The Morgan fingerprint density at radius 2 is 2.37 bits per heavy atom. The van der Waals surface area contributed by atoms with Crippen LogP contribution in [-0.4, -0.2) is 28.0 Å². The second kappa shape index (κ2) is 4.93. The van der Waals surface area contributed by atoms with Gasteiger partial charge in [0.05, 0.1) is 17.9 Å². The van der Waals surface area contributed by atoms with E-state index in [0.29, 0.717) is 11.8 Å². The van der Waals surface area contributed by atoms with Gasteiger partial charge in [-0.3, -0.25) is 4.68 Å². The summed E-state index contributed by atoms with van der Waals surface area (Å²) >= 11 is 0. The molecule has 0 amide bonds. The Hall–Kier alpha value is -2.01. The molecule has 0 spiro atoms. The molecular formula is C14H17N3O2. The second-order valence-corrected chi connectivity index (χ2v) is 4.78. The minimum atomic E-state index is 0.197. The number of nitrogens with one attached hydrogen (secondary N) is 1. The van der Waals surface area contributed by atoms with Gasteiger partial charge < -0.3 is 15.2 Å². The van der Waals surface area contributed by atoms with E-state index in [4.69, 9.17) is 4.74 Å². The predicted octanol–water partition coefficient (Wildman–Crippen LogP) is 2.22. The van der Waals surface area contributed by atoms with Crippen molar-refractivity contribution in [3.63, 3.8) is 0 Å². The van der Waals surface area contributed by atoms with E-state index in [9.17, 15) is 5.11 Å². The summed E-state index contributed by atoms with van der Waals surface area (Å²) in [5.41, 5.74) is 1.01. The summed E-state index contributed by atoms with van der Waals surface area (Å²) in [6, 6.07) is 7.18. The standard InChI is InChI=1S/C14H17N3O2/c1-10-14(19-13-4-2-3-12(18)7-13)9-16-17(10)11-5-6-15-8-11/h2-4,7,9,11,15,18H,5-6,8H2,1H3. The SMILES string of the molecule is Cc1c(Oc2cccc(O)c2)cnn1C1CCNC1. The number of phenolic OH excluding ortho intramolecular Hbond substituents is 1. The zero-order valence-electron chi connectivity index (χ0n) is 10.8. The fraction of sp³-hybridized carbons (Fsp3) is 0.357. The number of aromatic nitrogens is 2. The molecule has 2 N–H and O–H groups in total. The van der Waals surface area contributed by atoms with Crippen LogP contribution in [0.4, 0.5) is 0 Å². The summed E-state index contributed by atoms with van der Waals surface area (Å²) in [4.78, 5) is 0. The van der Waals surface area contributed by atoms with E-state index in [1.165, 1.54) is 0 Å². The van der Waals surface area contributed by atoms with Crippen molar-refractivity contribution in [3.05, 3.63) is 36.2 Å². The highest BCUT2D eigenvalue weighted by Crippen LogP contribution is 2.29. The van der Waals surface area contributed by atoms with Crippen LogP contribution in [-0.2, 0) is 0 Å². The summed E-state index contributed by atoms with van der Waals surface area (Å²) in [6.45, 7) is 3.99. The molecule has 1 aromatic heterocycles. The molecule has 0 radical (unpaired) electrons. The second-order valence-electron chi connectivity index (χ2n) is 4.78. The first-order valence-electron chi connectivity index (χ1n) is 6.46. The highest BCUT2D eigenvalue weighted by Gasteiger charge is 2.20. The quantitative estimate of drug-likeness (QED) is 0.887. The fourth-order valence-electron chi connectivity index (χ4n) is 2.40. The third-order valence-corrected chi connectivity index (χ3v) is 3.43. The average molecular weight is 259 g/mol. The molecule has 5 heteroatoms. The van der Waals surface area contributed by atoms with Gasteiger partial charge in [-0.05, 0) is 32.0 Å². The van der Waals surface area contributed by atoms with Crippen molar-refractivity contribution in [1.82, 2.24) is 15.1 Å². The Bertz CT molecular complexity index is 574. The minimum absolute atomic E-state index is 0.197. The number of aromatic hydroxyl groups is 1. The third kappa shape index (κ3) is 2.42. The van der Waals surface area contributed by atoms with Crippen molar-refractivity contribution in [3.8, 4) is 17.2 Å². The number of nitrogens with zero attached hydrogens (tertiary/aromatic N) is 2. The molecule has 1 fully saturated rings. The number of hydrogen-bond acceptors (Lipinski definition) is 4. The Morgan fingerprint density at radius 1 is 1.47 bits per heavy atom. The average Bonchev–Trinajstić information content (AvgIpc) is 3.01. The number of ether oxygens (including phenoxy) is 1. The normalized spacial score (nSPS) is 18.7. The minimum Gasteiger partial charge on any atom is -0.508 e. The highest BCUT2D eigenvalue weighted by molar-refractivity contribution is 5.36. The molecule has 19 heavy (non-hydrogen) atoms. The summed E-state index contributed by atoms with van der Waals surface area (Å²) in [5.74, 6) is 1.55. The lowest BCUT2D eigenvalue weighted by atomic mass is 10.2. The van der Waals surface area contributed by atoms with Gasteiger partial charge in [-0.1, -0.05) is 6.07 Å². The Balaban J connectivity index is 1.82. The molecule has 1 unspecified atom stereocenters. The summed E-state index contributed by atoms with van der Waals surface area (Å²) < 4.78 is 7.78. The van der Waals surface area contributed by atoms with Gasteiger partial charge in [0.1, 0.15) is 11.5 Å². The van der Waals surface area contributed by atoms with Crippen LogP contribution in [0.25, 0.3) is 0 Å². The molecule has 1 aliphatic heterocycles. The third-order valence-electron chi connectivity index (χ3n) is 3.43. The Kier molecular flexibility index (Phi) is 3.13. The molecule has 0 saturated carbocycles. The Morgan fingerprint density at radius 3 is 3.11 bits per heavy atom. The van der Waals surface area contributed by atoms with E-state index < -0.39 is 0 Å². The van der Waals surface area contributed by atoms with Crippen molar-refractivity contribution in [1.29, 1.82) is 0 Å². The van der Waals surface area contributed by atoms with E-state index in [1.54, 1.807) is 24.4 Å². The van der Waals surface area contributed by atoms with Crippen LogP contribution in [0.2, 0.25) is 0 Å². The maximum Gasteiger partial charge on any atom is 0.168 e. The van der Waals surface area contributed by atoms with Gasteiger partial charge >= 0.3 is 0 Å². The smallest absolute Gasteiger partial charge is 0.168 e. The maximum absolute atomic E-state index is 9.43. The summed E-state index contributed by atoms with van der Waals surface area (Å²) in [7, 11) is 0. The molecule has 1 aliphatic rings. The Labute approximate surface area is 111 Å². The lowest BCUT2D eigenvalue weighted by molar-refractivity contribution is 0.446. The number of hydrogen-bond donors (Lipinski definition) is 2. The van der Waals surface area contributed by atoms with Crippen molar-refractivity contribution < 1.29 is 9.84 Å². The maximum atomic E-state index is 9.43. The first-order chi connectivity index (χ1) is 9.24. The molecule has 0 aliphatic carbocycles. The van der Waals surface area contributed by atoms with Crippen molar-refractivity contribution >= 4 is 0 Å². The molecule has 2 heterocycles. The van der Waals surface area contributed by atoms with Gasteiger partial charge in [-0.2, -0.15) is 5.10 Å². The monoisotopic (exact) mass is 259 g/mol. The van der Waals surface area contributed by atoms with Crippen LogP contribution in [0.1, 0.15) is 18.2 Å². The fourth-order valence-corrected chi connectivity index (χ4v) is 2.40. The summed E-state index contributed by atoms with van der Waals surface area (Å²) in [6.07, 6.45) is 2.83. The first-order valence-corrected chi connectivity index (χ1v) is 6.46. The molecule has 2 aromatic rings. The molecule has 5 nitrogen and oxygen atoms in total. The molecule has 1 atom stereocenters. The van der Waals surface area contributed by atoms with Crippen LogP contribution in [0.15, 0.2) is 30.5 Å². The van der Waals surface area contributed by atoms with Gasteiger partial charge in [-0.15, -0.1) is 0 Å². The molecule has 1 aromatic carbocycles. The first kappa shape index (κ1) is 12.0. The van der Waals surface area contributed by atoms with Gasteiger partial charge in [-0.25, -0.2) is 0 Å². The van der Waals surface area contributed by atoms with Gasteiger partial charge in [0.2, 0.25) is 0 Å². The van der Waals surface area contributed by atoms with E-state index >= 15 is 0 Å². The van der Waals surface area contributed by atoms with Crippen LogP contribution < -0.4 is 10.1 Å². The van der Waals surface area contributed by atoms with Crippen LogP contribution in [0.3, 0.4) is 0 Å². The predicted molar refractivity (Wildman–Crippen MR) is 71.7 cm³/mol. The van der Waals surface area contributed by atoms with Crippen molar-refractivity contribution in [2.24, 2.45) is 0 Å². The zero-order valence-corrected chi connectivity index (χ0v) is 10.8. The van der Waals surface area contributed by atoms with Crippen LogP contribution in [0, 0.1) is 6.92 Å². The van der Waals surface area contributed by atoms with Crippen LogP contribution >= 0.6 is 0 Å². The van der Waals surface area contributed by atoms with E-state index in [2.05, 4.69) is 10.4 Å². The zero-order chi connectivity index (χ0) is 13.2. The number of benzene rings is 1. The number of phenols is 1. The van der Waals surface area contributed by atoms with E-state index in [1.807, 2.05) is 17.7 Å². The molecule has 3 rings (SSSR count).